The standard InChI is InChI=1S/C15H21NO5/c1-20-12-7-6-11(13(10-12)21-2)4-3-5-14(17)16-9-8-15(18)19/h6-7,10H,3-5,8-9H2,1-2H3,(H,16,17)(H,18,19). The van der Waals surface area contributed by atoms with Crippen molar-refractivity contribution in [2.75, 3.05) is 20.8 Å². The van der Waals surface area contributed by atoms with Crippen LogP contribution in [0.15, 0.2) is 18.2 Å². The molecule has 2 N–H and O–H groups in total. The minimum absolute atomic E-state index is 0.0575. The lowest BCUT2D eigenvalue weighted by atomic mass is 10.1. The van der Waals surface area contributed by atoms with E-state index in [0.29, 0.717) is 19.3 Å². The van der Waals surface area contributed by atoms with Crippen molar-refractivity contribution in [3.05, 3.63) is 23.8 Å². The Labute approximate surface area is 124 Å². The summed E-state index contributed by atoms with van der Waals surface area (Å²) in [5, 5.41) is 11.1. The number of benzene rings is 1. The molecule has 0 spiro atoms. The average Bonchev–Trinajstić information content (AvgIpc) is 2.47. The van der Waals surface area contributed by atoms with E-state index < -0.39 is 5.97 Å². The largest absolute Gasteiger partial charge is 0.497 e. The summed E-state index contributed by atoms with van der Waals surface area (Å²) < 4.78 is 10.4. The number of ether oxygens (including phenoxy) is 2. The summed E-state index contributed by atoms with van der Waals surface area (Å²) >= 11 is 0. The fourth-order valence-electron chi connectivity index (χ4n) is 1.90. The topological polar surface area (TPSA) is 84.9 Å². The Kier molecular flexibility index (Phi) is 7.08. The predicted octanol–water partition coefficient (Wildman–Crippen LogP) is 1.62. The van der Waals surface area contributed by atoms with E-state index in [-0.39, 0.29) is 18.9 Å². The van der Waals surface area contributed by atoms with Gasteiger partial charge in [0.25, 0.3) is 0 Å². The SMILES string of the molecule is COc1ccc(CCCC(=O)NCCC(=O)O)c(OC)c1. The highest BCUT2D eigenvalue weighted by Gasteiger charge is 2.07. The van der Waals surface area contributed by atoms with Gasteiger partial charge in [-0.3, -0.25) is 9.59 Å². The molecule has 0 aliphatic rings. The number of amides is 1. The number of hydrogen-bond donors (Lipinski definition) is 2. The molecule has 0 saturated carbocycles. The molecule has 0 aliphatic carbocycles. The van der Waals surface area contributed by atoms with Gasteiger partial charge in [-0.25, -0.2) is 0 Å². The maximum absolute atomic E-state index is 11.5. The maximum atomic E-state index is 11.5. The number of carboxylic acids is 1. The van der Waals surface area contributed by atoms with Crippen LogP contribution in [-0.2, 0) is 16.0 Å². The zero-order chi connectivity index (χ0) is 15.7. The quantitative estimate of drug-likeness (QED) is 0.723. The van der Waals surface area contributed by atoms with Gasteiger partial charge in [0.15, 0.2) is 0 Å². The highest BCUT2D eigenvalue weighted by Crippen LogP contribution is 2.25. The first-order valence-electron chi connectivity index (χ1n) is 6.76. The molecular formula is C15H21NO5. The summed E-state index contributed by atoms with van der Waals surface area (Å²) in [6, 6.07) is 5.58. The number of nitrogens with one attached hydrogen (secondary N) is 1. The van der Waals surface area contributed by atoms with Gasteiger partial charge in [0.05, 0.1) is 20.6 Å². The van der Waals surface area contributed by atoms with Gasteiger partial charge in [-0.15, -0.1) is 0 Å². The molecule has 0 radical (unpaired) electrons. The zero-order valence-electron chi connectivity index (χ0n) is 12.3. The van der Waals surface area contributed by atoms with Gasteiger partial charge in [-0.2, -0.15) is 0 Å². The molecule has 1 aromatic rings. The van der Waals surface area contributed by atoms with Gasteiger partial charge in [-0.1, -0.05) is 6.07 Å². The lowest BCUT2D eigenvalue weighted by Crippen LogP contribution is -2.25. The van der Waals surface area contributed by atoms with Crippen molar-refractivity contribution in [2.24, 2.45) is 0 Å². The van der Waals surface area contributed by atoms with E-state index in [1.165, 1.54) is 0 Å². The lowest BCUT2D eigenvalue weighted by Gasteiger charge is -2.10. The van der Waals surface area contributed by atoms with E-state index >= 15 is 0 Å². The monoisotopic (exact) mass is 295 g/mol. The molecule has 21 heavy (non-hydrogen) atoms. The molecule has 0 aliphatic heterocycles. The van der Waals surface area contributed by atoms with E-state index in [9.17, 15) is 9.59 Å². The van der Waals surface area contributed by atoms with Crippen LogP contribution in [0.2, 0.25) is 0 Å². The van der Waals surface area contributed by atoms with E-state index in [2.05, 4.69) is 5.32 Å². The van der Waals surface area contributed by atoms with Crippen molar-refractivity contribution < 1.29 is 24.2 Å². The number of aryl methyl sites for hydroxylation is 1. The van der Waals surface area contributed by atoms with Gasteiger partial charge >= 0.3 is 5.97 Å². The van der Waals surface area contributed by atoms with Gasteiger partial charge in [0.2, 0.25) is 5.91 Å². The fourth-order valence-corrected chi connectivity index (χ4v) is 1.90. The Morgan fingerprint density at radius 2 is 1.95 bits per heavy atom. The van der Waals surface area contributed by atoms with E-state index in [1.54, 1.807) is 14.2 Å². The second-order valence-electron chi connectivity index (χ2n) is 4.53. The van der Waals surface area contributed by atoms with E-state index in [0.717, 1.165) is 17.1 Å². The molecule has 1 rings (SSSR count). The summed E-state index contributed by atoms with van der Waals surface area (Å²) in [4.78, 5) is 21.8. The minimum atomic E-state index is -0.918. The van der Waals surface area contributed by atoms with Crippen LogP contribution in [0, 0.1) is 0 Å². The molecule has 0 fully saturated rings. The third kappa shape index (κ3) is 6.16. The predicted molar refractivity (Wildman–Crippen MR) is 77.7 cm³/mol. The summed E-state index contributed by atoms with van der Waals surface area (Å²) in [5.74, 6) is 0.407. The zero-order valence-corrected chi connectivity index (χ0v) is 12.3. The number of carbonyl (C=O) groups is 2. The number of carbonyl (C=O) groups excluding carboxylic acids is 1. The molecule has 0 heterocycles. The normalized spacial score (nSPS) is 10.0. The number of hydrogen-bond acceptors (Lipinski definition) is 4. The lowest BCUT2D eigenvalue weighted by molar-refractivity contribution is -0.136. The first kappa shape index (κ1) is 16.8. The Hall–Kier alpha value is -2.24. The van der Waals surface area contributed by atoms with Crippen molar-refractivity contribution >= 4 is 11.9 Å². The maximum Gasteiger partial charge on any atom is 0.305 e. The van der Waals surface area contributed by atoms with Crippen LogP contribution < -0.4 is 14.8 Å². The van der Waals surface area contributed by atoms with Crippen molar-refractivity contribution in [3.8, 4) is 11.5 Å². The summed E-state index contributed by atoms with van der Waals surface area (Å²) in [6.07, 6.45) is 1.67. The average molecular weight is 295 g/mol. The summed E-state index contributed by atoms with van der Waals surface area (Å²) in [5.41, 5.74) is 1.01. The molecule has 6 heteroatoms. The van der Waals surface area contributed by atoms with Gasteiger partial charge in [-0.05, 0) is 24.5 Å². The Morgan fingerprint density at radius 1 is 1.19 bits per heavy atom. The van der Waals surface area contributed by atoms with Crippen molar-refractivity contribution in [1.82, 2.24) is 5.32 Å². The number of rotatable bonds is 9. The van der Waals surface area contributed by atoms with Crippen molar-refractivity contribution in [2.45, 2.75) is 25.7 Å². The van der Waals surface area contributed by atoms with Gasteiger partial charge in [0.1, 0.15) is 11.5 Å². The third-order valence-corrected chi connectivity index (χ3v) is 3.01. The molecule has 116 valence electrons. The summed E-state index contributed by atoms with van der Waals surface area (Å²) in [6.45, 7) is 0.167. The highest BCUT2D eigenvalue weighted by atomic mass is 16.5. The van der Waals surface area contributed by atoms with Crippen LogP contribution in [0.25, 0.3) is 0 Å². The highest BCUT2D eigenvalue weighted by molar-refractivity contribution is 5.76. The Morgan fingerprint density at radius 3 is 2.57 bits per heavy atom. The van der Waals surface area contributed by atoms with E-state index in [4.69, 9.17) is 14.6 Å². The minimum Gasteiger partial charge on any atom is -0.497 e. The Balaban J connectivity index is 2.38. The van der Waals surface area contributed by atoms with Crippen LogP contribution in [0.4, 0.5) is 0 Å². The van der Waals surface area contributed by atoms with Gasteiger partial charge in [0, 0.05) is 19.0 Å². The molecule has 0 atom stereocenters. The molecular weight excluding hydrogens is 274 g/mol. The van der Waals surface area contributed by atoms with Crippen LogP contribution in [-0.4, -0.2) is 37.7 Å². The molecule has 0 saturated heterocycles. The Bertz CT molecular complexity index is 487. The summed E-state index contributed by atoms with van der Waals surface area (Å²) in [7, 11) is 3.19. The van der Waals surface area contributed by atoms with Crippen LogP contribution in [0.5, 0.6) is 11.5 Å². The van der Waals surface area contributed by atoms with Crippen molar-refractivity contribution in [3.63, 3.8) is 0 Å². The molecule has 1 amide bonds. The van der Waals surface area contributed by atoms with Crippen LogP contribution in [0.1, 0.15) is 24.8 Å². The second-order valence-corrected chi connectivity index (χ2v) is 4.53. The van der Waals surface area contributed by atoms with Crippen LogP contribution >= 0.6 is 0 Å². The first-order valence-corrected chi connectivity index (χ1v) is 6.76. The molecule has 6 nitrogen and oxygen atoms in total. The second kappa shape index (κ2) is 8.84. The van der Waals surface area contributed by atoms with E-state index in [1.807, 2.05) is 18.2 Å². The van der Waals surface area contributed by atoms with Crippen molar-refractivity contribution in [1.29, 1.82) is 0 Å². The smallest absolute Gasteiger partial charge is 0.305 e. The van der Waals surface area contributed by atoms with Gasteiger partial charge < -0.3 is 19.9 Å². The van der Waals surface area contributed by atoms with Crippen LogP contribution in [0.3, 0.4) is 0 Å². The number of carboxylic acid groups (broad SMARTS) is 1. The molecule has 0 aromatic heterocycles. The molecule has 0 unspecified atom stereocenters. The molecule has 1 aromatic carbocycles. The fraction of sp³-hybridized carbons (Fsp3) is 0.467. The first-order chi connectivity index (χ1) is 10.1. The number of methoxy groups -OCH3 is 2. The third-order valence-electron chi connectivity index (χ3n) is 3.01. The number of aliphatic carboxylic acids is 1. The molecule has 0 bridgehead atoms.